The summed E-state index contributed by atoms with van der Waals surface area (Å²) in [6.07, 6.45) is 1.04. The lowest BCUT2D eigenvalue weighted by Gasteiger charge is -2.10. The first-order valence-electron chi connectivity index (χ1n) is 7.95. The van der Waals surface area contributed by atoms with Gasteiger partial charge in [0, 0.05) is 12.0 Å². The highest BCUT2D eigenvalue weighted by Crippen LogP contribution is 2.41. The fraction of sp³-hybridized carbons (Fsp3) is 0.316. The largest absolute Gasteiger partial charge is 0.489 e. The van der Waals surface area contributed by atoms with E-state index in [1.54, 1.807) is 6.92 Å². The molecule has 0 spiro atoms. The SMILES string of the molecule is C[C@@H](NC1CC1c1ccc(OCc2ccccc2)cc1)C(N)=O. The Morgan fingerprint density at radius 2 is 1.91 bits per heavy atom. The summed E-state index contributed by atoms with van der Waals surface area (Å²) in [5.74, 6) is 1.02. The third kappa shape index (κ3) is 4.11. The molecule has 2 aromatic carbocycles. The average molecular weight is 310 g/mol. The molecule has 2 aromatic rings. The average Bonchev–Trinajstić information content (AvgIpc) is 3.33. The zero-order valence-electron chi connectivity index (χ0n) is 13.2. The normalized spacial score (nSPS) is 20.7. The van der Waals surface area contributed by atoms with Crippen LogP contribution in [0.3, 0.4) is 0 Å². The smallest absolute Gasteiger partial charge is 0.234 e. The Labute approximate surface area is 136 Å². The molecule has 3 rings (SSSR count). The van der Waals surface area contributed by atoms with Crippen LogP contribution >= 0.6 is 0 Å². The summed E-state index contributed by atoms with van der Waals surface area (Å²) in [4.78, 5) is 11.1. The molecule has 1 saturated carbocycles. The van der Waals surface area contributed by atoms with Gasteiger partial charge in [0.1, 0.15) is 12.4 Å². The number of rotatable bonds is 7. The molecule has 2 unspecified atom stereocenters. The minimum Gasteiger partial charge on any atom is -0.489 e. The molecule has 3 N–H and O–H groups in total. The van der Waals surface area contributed by atoms with Gasteiger partial charge in [-0.15, -0.1) is 0 Å². The van der Waals surface area contributed by atoms with Crippen molar-refractivity contribution in [2.75, 3.05) is 0 Å². The summed E-state index contributed by atoms with van der Waals surface area (Å²) >= 11 is 0. The molecule has 1 aliphatic carbocycles. The summed E-state index contributed by atoms with van der Waals surface area (Å²) in [5.41, 5.74) is 7.71. The van der Waals surface area contributed by atoms with E-state index >= 15 is 0 Å². The van der Waals surface area contributed by atoms with E-state index in [9.17, 15) is 4.79 Å². The molecule has 0 radical (unpaired) electrons. The number of nitrogens with two attached hydrogens (primary N) is 1. The Balaban J connectivity index is 1.51. The highest BCUT2D eigenvalue weighted by molar-refractivity contribution is 5.79. The van der Waals surface area contributed by atoms with Crippen molar-refractivity contribution in [1.29, 1.82) is 0 Å². The predicted molar refractivity (Wildman–Crippen MR) is 90.2 cm³/mol. The van der Waals surface area contributed by atoms with E-state index in [1.165, 1.54) is 5.56 Å². The number of hydrogen-bond donors (Lipinski definition) is 2. The Hall–Kier alpha value is -2.33. The van der Waals surface area contributed by atoms with Crippen molar-refractivity contribution in [2.45, 2.75) is 38.0 Å². The fourth-order valence-electron chi connectivity index (χ4n) is 2.70. The van der Waals surface area contributed by atoms with Gasteiger partial charge in [0.25, 0.3) is 0 Å². The first-order chi connectivity index (χ1) is 11.1. The molecule has 0 aromatic heterocycles. The van der Waals surface area contributed by atoms with Crippen molar-refractivity contribution in [3.63, 3.8) is 0 Å². The summed E-state index contributed by atoms with van der Waals surface area (Å²) in [7, 11) is 0. The van der Waals surface area contributed by atoms with Gasteiger partial charge in [-0.2, -0.15) is 0 Å². The third-order valence-corrected chi connectivity index (χ3v) is 4.24. The van der Waals surface area contributed by atoms with Crippen molar-refractivity contribution in [1.82, 2.24) is 5.32 Å². The zero-order chi connectivity index (χ0) is 16.2. The standard InChI is InChI=1S/C19H22N2O2/c1-13(19(20)22)21-18-11-17(18)15-7-9-16(10-8-15)23-12-14-5-3-2-4-6-14/h2-10,13,17-18,21H,11-12H2,1H3,(H2,20,22)/t13-,17?,18?/m1/s1. The van der Waals surface area contributed by atoms with Gasteiger partial charge in [0.05, 0.1) is 6.04 Å². The quantitative estimate of drug-likeness (QED) is 0.826. The third-order valence-electron chi connectivity index (χ3n) is 4.24. The molecule has 0 saturated heterocycles. The van der Waals surface area contributed by atoms with Gasteiger partial charge in [0.2, 0.25) is 5.91 Å². The van der Waals surface area contributed by atoms with Gasteiger partial charge in [0.15, 0.2) is 0 Å². The second-order valence-corrected chi connectivity index (χ2v) is 6.08. The maximum atomic E-state index is 11.1. The highest BCUT2D eigenvalue weighted by atomic mass is 16.5. The molecule has 1 amide bonds. The number of ether oxygens (including phenoxy) is 1. The first kappa shape index (κ1) is 15.6. The number of benzene rings is 2. The van der Waals surface area contributed by atoms with E-state index in [4.69, 9.17) is 10.5 Å². The topological polar surface area (TPSA) is 64.3 Å². The van der Waals surface area contributed by atoms with Crippen LogP contribution in [0.2, 0.25) is 0 Å². The first-order valence-corrected chi connectivity index (χ1v) is 7.95. The molecular weight excluding hydrogens is 288 g/mol. The van der Waals surface area contributed by atoms with E-state index < -0.39 is 0 Å². The molecule has 0 bridgehead atoms. The molecule has 4 nitrogen and oxygen atoms in total. The van der Waals surface area contributed by atoms with E-state index in [2.05, 4.69) is 29.6 Å². The van der Waals surface area contributed by atoms with Crippen molar-refractivity contribution in [2.24, 2.45) is 5.73 Å². The Kier molecular flexibility index (Phi) is 4.63. The lowest BCUT2D eigenvalue weighted by Crippen LogP contribution is -2.40. The van der Waals surface area contributed by atoms with Gasteiger partial charge in [-0.05, 0) is 36.6 Å². The molecule has 0 aliphatic heterocycles. The molecule has 1 aliphatic rings. The molecule has 0 heterocycles. The fourth-order valence-corrected chi connectivity index (χ4v) is 2.70. The Morgan fingerprint density at radius 3 is 2.57 bits per heavy atom. The van der Waals surface area contributed by atoms with Crippen LogP contribution in [-0.2, 0) is 11.4 Å². The number of nitrogens with one attached hydrogen (secondary N) is 1. The number of amides is 1. The van der Waals surface area contributed by atoms with Crippen LogP contribution in [0, 0.1) is 0 Å². The lowest BCUT2D eigenvalue weighted by molar-refractivity contribution is -0.119. The van der Waals surface area contributed by atoms with Crippen molar-refractivity contribution in [3.8, 4) is 5.75 Å². The van der Waals surface area contributed by atoms with Gasteiger partial charge in [-0.25, -0.2) is 0 Å². The highest BCUT2D eigenvalue weighted by Gasteiger charge is 2.39. The molecular formula is C19H22N2O2. The van der Waals surface area contributed by atoms with Crippen LogP contribution < -0.4 is 15.8 Å². The van der Waals surface area contributed by atoms with Crippen LogP contribution in [-0.4, -0.2) is 18.0 Å². The van der Waals surface area contributed by atoms with Gasteiger partial charge in [-0.1, -0.05) is 42.5 Å². The molecule has 1 fully saturated rings. The Bertz CT molecular complexity index is 655. The van der Waals surface area contributed by atoms with Crippen LogP contribution in [0.25, 0.3) is 0 Å². The lowest BCUT2D eigenvalue weighted by atomic mass is 10.1. The number of carbonyl (C=O) groups is 1. The van der Waals surface area contributed by atoms with Crippen molar-refractivity contribution < 1.29 is 9.53 Å². The van der Waals surface area contributed by atoms with E-state index in [0.717, 1.165) is 17.7 Å². The molecule has 120 valence electrons. The second-order valence-electron chi connectivity index (χ2n) is 6.08. The number of carbonyl (C=O) groups excluding carboxylic acids is 1. The summed E-state index contributed by atoms with van der Waals surface area (Å²) < 4.78 is 5.79. The molecule has 4 heteroatoms. The maximum absolute atomic E-state index is 11.1. The monoisotopic (exact) mass is 310 g/mol. The number of hydrogen-bond acceptors (Lipinski definition) is 3. The van der Waals surface area contributed by atoms with E-state index in [0.29, 0.717) is 18.6 Å². The molecule has 3 atom stereocenters. The predicted octanol–water partition coefficient (Wildman–Crippen LogP) is 2.58. The summed E-state index contributed by atoms with van der Waals surface area (Å²) in [6.45, 7) is 2.38. The van der Waals surface area contributed by atoms with Crippen molar-refractivity contribution in [3.05, 3.63) is 65.7 Å². The minimum atomic E-state index is -0.305. The van der Waals surface area contributed by atoms with Crippen LogP contribution in [0.5, 0.6) is 5.75 Å². The molecule has 23 heavy (non-hydrogen) atoms. The van der Waals surface area contributed by atoms with Gasteiger partial charge >= 0.3 is 0 Å². The van der Waals surface area contributed by atoms with E-state index in [-0.39, 0.29) is 11.9 Å². The van der Waals surface area contributed by atoms with Crippen LogP contribution in [0.15, 0.2) is 54.6 Å². The van der Waals surface area contributed by atoms with Gasteiger partial charge < -0.3 is 15.8 Å². The number of primary amides is 1. The van der Waals surface area contributed by atoms with Crippen LogP contribution in [0.4, 0.5) is 0 Å². The second kappa shape index (κ2) is 6.84. The van der Waals surface area contributed by atoms with E-state index in [1.807, 2.05) is 30.3 Å². The Morgan fingerprint density at radius 1 is 1.22 bits per heavy atom. The zero-order valence-corrected chi connectivity index (χ0v) is 13.2. The van der Waals surface area contributed by atoms with Crippen LogP contribution in [0.1, 0.15) is 30.4 Å². The maximum Gasteiger partial charge on any atom is 0.234 e. The summed E-state index contributed by atoms with van der Waals surface area (Å²) in [5, 5.41) is 3.26. The summed E-state index contributed by atoms with van der Waals surface area (Å²) in [6, 6.07) is 18.4. The van der Waals surface area contributed by atoms with Gasteiger partial charge in [-0.3, -0.25) is 4.79 Å². The van der Waals surface area contributed by atoms with Crippen molar-refractivity contribution >= 4 is 5.91 Å². The minimum absolute atomic E-state index is 0.279.